The van der Waals surface area contributed by atoms with Crippen LogP contribution in [0.3, 0.4) is 0 Å². The van der Waals surface area contributed by atoms with Gasteiger partial charge in [-0.05, 0) is 18.2 Å². The average Bonchev–Trinajstić information content (AvgIpc) is 2.28. The van der Waals surface area contributed by atoms with Gasteiger partial charge in [0.05, 0.1) is 18.0 Å². The maximum Gasteiger partial charge on any atom is 0.416 e. The summed E-state index contributed by atoms with van der Waals surface area (Å²) < 4.78 is 42.5. The first-order valence-electron chi connectivity index (χ1n) is 4.78. The third-order valence-corrected chi connectivity index (χ3v) is 2.15. The molecule has 0 unspecified atom stereocenters. The van der Waals surface area contributed by atoms with Crippen LogP contribution in [0.4, 0.5) is 13.2 Å². The number of aromatic nitrogens is 2. The minimum Gasteiger partial charge on any atom is -0.437 e. The van der Waals surface area contributed by atoms with Gasteiger partial charge in [-0.15, -0.1) is 0 Å². The highest BCUT2D eigenvalue weighted by Crippen LogP contribution is 2.32. The fraction of sp³-hybridized carbons (Fsp3) is 0.0909. The Morgan fingerprint density at radius 1 is 1.17 bits per heavy atom. The Labute approximate surface area is 105 Å². The molecule has 1 aromatic heterocycles. The van der Waals surface area contributed by atoms with Crippen LogP contribution >= 0.6 is 11.6 Å². The molecule has 0 aliphatic heterocycles. The van der Waals surface area contributed by atoms with E-state index in [-0.39, 0.29) is 16.8 Å². The zero-order chi connectivity index (χ0) is 13.2. The van der Waals surface area contributed by atoms with Crippen LogP contribution in [-0.4, -0.2) is 9.97 Å². The maximum absolute atomic E-state index is 12.5. The molecule has 0 saturated carbocycles. The molecule has 0 atom stereocenters. The topological polar surface area (TPSA) is 35.0 Å². The van der Waals surface area contributed by atoms with E-state index in [1.807, 2.05) is 0 Å². The van der Waals surface area contributed by atoms with E-state index in [4.69, 9.17) is 16.3 Å². The number of benzene rings is 1. The van der Waals surface area contributed by atoms with Crippen molar-refractivity contribution in [3.8, 4) is 11.6 Å². The largest absolute Gasteiger partial charge is 0.437 e. The van der Waals surface area contributed by atoms with Crippen molar-refractivity contribution in [2.75, 3.05) is 0 Å². The molecule has 0 fully saturated rings. The first-order chi connectivity index (χ1) is 8.45. The van der Waals surface area contributed by atoms with Gasteiger partial charge in [-0.2, -0.15) is 18.2 Å². The van der Waals surface area contributed by atoms with Gasteiger partial charge in [0.1, 0.15) is 5.75 Å². The minimum absolute atomic E-state index is 0.0152. The summed E-state index contributed by atoms with van der Waals surface area (Å²) in [5.41, 5.74) is -0.796. The van der Waals surface area contributed by atoms with E-state index in [1.165, 1.54) is 24.5 Å². The summed E-state index contributed by atoms with van der Waals surface area (Å²) in [6.07, 6.45) is -1.87. The van der Waals surface area contributed by atoms with Crippen molar-refractivity contribution in [3.63, 3.8) is 0 Å². The van der Waals surface area contributed by atoms with Crippen molar-refractivity contribution < 1.29 is 17.9 Å². The molecule has 7 heteroatoms. The van der Waals surface area contributed by atoms with E-state index < -0.39 is 11.7 Å². The first kappa shape index (κ1) is 12.6. The molecule has 0 N–H and O–H groups in total. The lowest BCUT2D eigenvalue weighted by atomic mass is 10.2. The summed E-state index contributed by atoms with van der Waals surface area (Å²) in [5.74, 6) is 0.0446. The Balaban J connectivity index is 2.25. The Kier molecular flexibility index (Phi) is 3.38. The Hall–Kier alpha value is -1.82. The molecule has 2 rings (SSSR count). The fourth-order valence-electron chi connectivity index (χ4n) is 1.23. The van der Waals surface area contributed by atoms with Gasteiger partial charge in [-0.1, -0.05) is 17.7 Å². The summed E-state index contributed by atoms with van der Waals surface area (Å²) >= 11 is 5.58. The van der Waals surface area contributed by atoms with Crippen LogP contribution in [0.15, 0.2) is 36.7 Å². The molecule has 18 heavy (non-hydrogen) atoms. The highest BCUT2D eigenvalue weighted by Gasteiger charge is 2.30. The van der Waals surface area contributed by atoms with Crippen LogP contribution in [0, 0.1) is 0 Å². The summed E-state index contributed by atoms with van der Waals surface area (Å²) in [4.78, 5) is 7.47. The van der Waals surface area contributed by atoms with E-state index in [2.05, 4.69) is 9.97 Å². The fourth-order valence-corrected chi connectivity index (χ4v) is 1.37. The van der Waals surface area contributed by atoms with E-state index in [0.717, 1.165) is 12.1 Å². The van der Waals surface area contributed by atoms with Crippen LogP contribution in [-0.2, 0) is 6.18 Å². The molecule has 0 aliphatic rings. The van der Waals surface area contributed by atoms with Crippen LogP contribution in [0.1, 0.15) is 5.56 Å². The molecule has 0 bridgehead atoms. The number of rotatable bonds is 2. The number of hydrogen-bond acceptors (Lipinski definition) is 3. The SMILES string of the molecule is FC(F)(F)c1cccc(Oc2cncc(Cl)n2)c1. The molecular weight excluding hydrogens is 269 g/mol. The molecule has 1 aromatic carbocycles. The molecular formula is C11H6ClF3N2O. The van der Waals surface area contributed by atoms with Gasteiger partial charge < -0.3 is 4.74 Å². The average molecular weight is 275 g/mol. The third-order valence-electron chi connectivity index (χ3n) is 1.97. The Morgan fingerprint density at radius 3 is 2.61 bits per heavy atom. The molecule has 0 saturated heterocycles. The van der Waals surface area contributed by atoms with Crippen LogP contribution in [0.2, 0.25) is 5.15 Å². The summed E-state index contributed by atoms with van der Waals surface area (Å²) in [7, 11) is 0. The Bertz CT molecular complexity index is 560. The highest BCUT2D eigenvalue weighted by atomic mass is 35.5. The van der Waals surface area contributed by atoms with Crippen molar-refractivity contribution in [1.82, 2.24) is 9.97 Å². The van der Waals surface area contributed by atoms with Crippen LogP contribution in [0.25, 0.3) is 0 Å². The quantitative estimate of drug-likeness (QED) is 0.832. The van der Waals surface area contributed by atoms with Crippen LogP contribution in [0.5, 0.6) is 11.6 Å². The van der Waals surface area contributed by atoms with E-state index in [0.29, 0.717) is 0 Å². The van der Waals surface area contributed by atoms with E-state index in [1.54, 1.807) is 0 Å². The summed E-state index contributed by atoms with van der Waals surface area (Å²) in [6.45, 7) is 0. The summed E-state index contributed by atoms with van der Waals surface area (Å²) in [6, 6.07) is 4.47. The number of alkyl halides is 3. The zero-order valence-corrected chi connectivity index (χ0v) is 9.53. The van der Waals surface area contributed by atoms with Gasteiger partial charge in [0, 0.05) is 0 Å². The van der Waals surface area contributed by atoms with Gasteiger partial charge in [-0.3, -0.25) is 4.98 Å². The molecule has 0 amide bonds. The Morgan fingerprint density at radius 2 is 1.94 bits per heavy atom. The van der Waals surface area contributed by atoms with Crippen molar-refractivity contribution >= 4 is 11.6 Å². The van der Waals surface area contributed by atoms with Crippen molar-refractivity contribution in [2.24, 2.45) is 0 Å². The maximum atomic E-state index is 12.5. The lowest BCUT2D eigenvalue weighted by Gasteiger charge is -2.09. The smallest absolute Gasteiger partial charge is 0.416 e. The second-order valence-corrected chi connectivity index (χ2v) is 3.69. The molecule has 3 nitrogen and oxygen atoms in total. The van der Waals surface area contributed by atoms with Gasteiger partial charge >= 0.3 is 6.18 Å². The molecule has 0 radical (unpaired) electrons. The summed E-state index contributed by atoms with van der Waals surface area (Å²) in [5, 5.41) is 0.0967. The second-order valence-electron chi connectivity index (χ2n) is 3.31. The lowest BCUT2D eigenvalue weighted by molar-refractivity contribution is -0.137. The predicted octanol–water partition coefficient (Wildman–Crippen LogP) is 3.94. The van der Waals surface area contributed by atoms with Crippen molar-refractivity contribution in [3.05, 3.63) is 47.4 Å². The molecule has 2 aromatic rings. The third kappa shape index (κ3) is 3.10. The lowest BCUT2D eigenvalue weighted by Crippen LogP contribution is -2.04. The first-order valence-corrected chi connectivity index (χ1v) is 5.15. The van der Waals surface area contributed by atoms with Crippen molar-refractivity contribution in [2.45, 2.75) is 6.18 Å². The molecule has 1 heterocycles. The molecule has 0 aliphatic carbocycles. The number of halogens is 4. The monoisotopic (exact) mass is 274 g/mol. The van der Waals surface area contributed by atoms with Crippen LogP contribution < -0.4 is 4.74 Å². The normalized spacial score (nSPS) is 11.3. The number of hydrogen-bond donors (Lipinski definition) is 0. The molecule has 94 valence electrons. The van der Waals surface area contributed by atoms with Gasteiger partial charge in [-0.25, -0.2) is 0 Å². The zero-order valence-electron chi connectivity index (χ0n) is 8.78. The van der Waals surface area contributed by atoms with Gasteiger partial charge in [0.2, 0.25) is 5.88 Å². The second kappa shape index (κ2) is 4.81. The minimum atomic E-state index is -4.42. The van der Waals surface area contributed by atoms with E-state index >= 15 is 0 Å². The van der Waals surface area contributed by atoms with E-state index in [9.17, 15) is 13.2 Å². The molecule has 0 spiro atoms. The highest BCUT2D eigenvalue weighted by molar-refractivity contribution is 6.29. The number of ether oxygens (including phenoxy) is 1. The van der Waals surface area contributed by atoms with Crippen molar-refractivity contribution in [1.29, 1.82) is 0 Å². The van der Waals surface area contributed by atoms with Gasteiger partial charge in [0.15, 0.2) is 5.15 Å². The standard InChI is InChI=1S/C11H6ClF3N2O/c12-9-5-16-6-10(17-9)18-8-3-1-2-7(4-8)11(13,14)15/h1-6H. The van der Waals surface area contributed by atoms with Gasteiger partial charge in [0.25, 0.3) is 0 Å². The number of nitrogens with zero attached hydrogens (tertiary/aromatic N) is 2. The predicted molar refractivity (Wildman–Crippen MR) is 58.6 cm³/mol.